The summed E-state index contributed by atoms with van der Waals surface area (Å²) in [6.45, 7) is 5.03. The third-order valence-corrected chi connectivity index (χ3v) is 5.41. The predicted octanol–water partition coefficient (Wildman–Crippen LogP) is -0.118. The Morgan fingerprint density at radius 3 is 2.48 bits per heavy atom. The number of aryl methyl sites for hydroxylation is 2. The lowest BCUT2D eigenvalue weighted by Gasteiger charge is -2.32. The molecule has 1 aromatic carbocycles. The Labute approximate surface area is 136 Å². The predicted molar refractivity (Wildman–Crippen MR) is 85.3 cm³/mol. The van der Waals surface area contributed by atoms with E-state index in [2.05, 4.69) is 4.72 Å². The lowest BCUT2D eigenvalue weighted by Crippen LogP contribution is -2.50. The fourth-order valence-corrected chi connectivity index (χ4v) is 3.72. The average Bonchev–Trinajstić information content (AvgIpc) is 2.55. The number of carbonyl (C=O) groups is 2. The van der Waals surface area contributed by atoms with E-state index in [4.69, 9.17) is 0 Å². The first-order valence-electron chi connectivity index (χ1n) is 7.37. The maximum Gasteiger partial charge on any atom is 0.241 e. The second-order valence-electron chi connectivity index (χ2n) is 5.62. The molecular formula is C15H21N3O4S. The van der Waals surface area contributed by atoms with Gasteiger partial charge >= 0.3 is 0 Å². The molecule has 1 N–H and O–H groups in total. The van der Waals surface area contributed by atoms with Crippen molar-refractivity contribution in [3.8, 4) is 0 Å². The van der Waals surface area contributed by atoms with Gasteiger partial charge in [0.05, 0.1) is 11.4 Å². The van der Waals surface area contributed by atoms with Crippen LogP contribution in [0.15, 0.2) is 23.1 Å². The van der Waals surface area contributed by atoms with Crippen LogP contribution < -0.4 is 4.72 Å². The molecule has 126 valence electrons. The molecule has 1 aliphatic rings. The summed E-state index contributed by atoms with van der Waals surface area (Å²) in [7, 11) is -3.73. The van der Waals surface area contributed by atoms with Crippen molar-refractivity contribution in [3.05, 3.63) is 29.3 Å². The molecular weight excluding hydrogens is 318 g/mol. The van der Waals surface area contributed by atoms with Crippen LogP contribution in [0.2, 0.25) is 0 Å². The smallest absolute Gasteiger partial charge is 0.241 e. The van der Waals surface area contributed by atoms with E-state index in [0.29, 0.717) is 31.7 Å². The van der Waals surface area contributed by atoms with Crippen molar-refractivity contribution in [2.45, 2.75) is 18.7 Å². The van der Waals surface area contributed by atoms with E-state index >= 15 is 0 Å². The van der Waals surface area contributed by atoms with Gasteiger partial charge in [0.25, 0.3) is 0 Å². The highest BCUT2D eigenvalue weighted by Gasteiger charge is 2.23. The highest BCUT2D eigenvalue weighted by Crippen LogP contribution is 2.16. The first kappa shape index (κ1) is 17.4. The summed E-state index contributed by atoms with van der Waals surface area (Å²) in [4.78, 5) is 26.1. The van der Waals surface area contributed by atoms with Crippen LogP contribution in [-0.2, 0) is 19.6 Å². The van der Waals surface area contributed by atoms with Crippen molar-refractivity contribution in [3.63, 3.8) is 0 Å². The van der Waals surface area contributed by atoms with Gasteiger partial charge in [0, 0.05) is 26.2 Å². The van der Waals surface area contributed by atoms with Crippen molar-refractivity contribution in [2.75, 3.05) is 32.7 Å². The topological polar surface area (TPSA) is 86.8 Å². The fraction of sp³-hybridized carbons (Fsp3) is 0.467. The lowest BCUT2D eigenvalue weighted by molar-refractivity contribution is -0.134. The SMILES string of the molecule is Cc1ccc(C)c(S(=O)(=O)NCC(=O)N2CCN(C=O)CC2)c1. The maximum absolute atomic E-state index is 12.4. The number of piperazine rings is 1. The highest BCUT2D eigenvalue weighted by molar-refractivity contribution is 7.89. The Hall–Kier alpha value is -1.93. The van der Waals surface area contributed by atoms with Crippen LogP contribution in [0.3, 0.4) is 0 Å². The van der Waals surface area contributed by atoms with Crippen LogP contribution in [0.5, 0.6) is 0 Å². The van der Waals surface area contributed by atoms with Gasteiger partial charge in [-0.25, -0.2) is 13.1 Å². The van der Waals surface area contributed by atoms with Gasteiger partial charge < -0.3 is 9.80 Å². The van der Waals surface area contributed by atoms with Crippen molar-refractivity contribution in [2.24, 2.45) is 0 Å². The summed E-state index contributed by atoms with van der Waals surface area (Å²) < 4.78 is 27.1. The third kappa shape index (κ3) is 4.29. The minimum Gasteiger partial charge on any atom is -0.342 e. The monoisotopic (exact) mass is 339 g/mol. The molecule has 2 rings (SSSR count). The lowest BCUT2D eigenvalue weighted by atomic mass is 10.2. The molecule has 2 amide bonds. The molecule has 7 nitrogen and oxygen atoms in total. The Balaban J connectivity index is 1.98. The summed E-state index contributed by atoms with van der Waals surface area (Å²) in [6, 6.07) is 5.17. The zero-order valence-electron chi connectivity index (χ0n) is 13.3. The minimum atomic E-state index is -3.73. The summed E-state index contributed by atoms with van der Waals surface area (Å²) in [5, 5.41) is 0. The standard InChI is InChI=1S/C15H21N3O4S/c1-12-3-4-13(2)14(9-12)23(21,22)16-10-15(20)18-7-5-17(11-19)6-8-18/h3-4,9,11,16H,5-8,10H2,1-2H3. The van der Waals surface area contributed by atoms with Gasteiger partial charge in [-0.3, -0.25) is 9.59 Å². The zero-order chi connectivity index (χ0) is 17.0. The van der Waals surface area contributed by atoms with E-state index in [9.17, 15) is 18.0 Å². The largest absolute Gasteiger partial charge is 0.342 e. The molecule has 0 aromatic heterocycles. The molecule has 0 bridgehead atoms. The minimum absolute atomic E-state index is 0.191. The summed E-state index contributed by atoms with van der Waals surface area (Å²) in [5.41, 5.74) is 1.47. The van der Waals surface area contributed by atoms with Crippen LogP contribution in [0.4, 0.5) is 0 Å². The van der Waals surface area contributed by atoms with Crippen LogP contribution in [-0.4, -0.2) is 63.3 Å². The highest BCUT2D eigenvalue weighted by atomic mass is 32.2. The zero-order valence-corrected chi connectivity index (χ0v) is 14.1. The van der Waals surface area contributed by atoms with Crippen LogP contribution >= 0.6 is 0 Å². The Bertz CT molecular complexity index is 695. The molecule has 0 atom stereocenters. The van der Waals surface area contributed by atoms with E-state index in [1.165, 1.54) is 0 Å². The van der Waals surface area contributed by atoms with Gasteiger partial charge in [0.2, 0.25) is 22.3 Å². The van der Waals surface area contributed by atoms with Gasteiger partial charge in [-0.05, 0) is 31.0 Å². The molecule has 1 aliphatic heterocycles. The molecule has 8 heteroatoms. The Morgan fingerprint density at radius 2 is 1.87 bits per heavy atom. The number of carbonyl (C=O) groups excluding carboxylic acids is 2. The molecule has 23 heavy (non-hydrogen) atoms. The van der Waals surface area contributed by atoms with Gasteiger partial charge in [-0.2, -0.15) is 0 Å². The first-order chi connectivity index (χ1) is 10.8. The average molecular weight is 339 g/mol. The summed E-state index contributed by atoms with van der Waals surface area (Å²) in [5.74, 6) is -0.288. The van der Waals surface area contributed by atoms with Crippen LogP contribution in [0.25, 0.3) is 0 Å². The molecule has 0 spiro atoms. The van der Waals surface area contributed by atoms with Gasteiger partial charge in [-0.15, -0.1) is 0 Å². The van der Waals surface area contributed by atoms with E-state index < -0.39 is 10.0 Å². The number of hydrogen-bond acceptors (Lipinski definition) is 4. The normalized spacial score (nSPS) is 15.6. The Kier molecular flexibility index (Phi) is 5.38. The fourth-order valence-electron chi connectivity index (χ4n) is 2.42. The van der Waals surface area contributed by atoms with Crippen molar-refractivity contribution < 1.29 is 18.0 Å². The molecule has 0 unspecified atom stereocenters. The van der Waals surface area contributed by atoms with Gasteiger partial charge in [-0.1, -0.05) is 12.1 Å². The molecule has 1 saturated heterocycles. The summed E-state index contributed by atoms with van der Waals surface area (Å²) >= 11 is 0. The number of nitrogens with zero attached hydrogens (tertiary/aromatic N) is 2. The summed E-state index contributed by atoms with van der Waals surface area (Å²) in [6.07, 6.45) is 0.755. The van der Waals surface area contributed by atoms with Gasteiger partial charge in [0.1, 0.15) is 0 Å². The number of sulfonamides is 1. The van der Waals surface area contributed by atoms with E-state index in [0.717, 1.165) is 12.0 Å². The van der Waals surface area contributed by atoms with E-state index in [-0.39, 0.29) is 17.3 Å². The van der Waals surface area contributed by atoms with Crippen molar-refractivity contribution >= 4 is 22.3 Å². The second-order valence-corrected chi connectivity index (χ2v) is 7.35. The number of benzene rings is 1. The molecule has 1 fully saturated rings. The van der Waals surface area contributed by atoms with Crippen molar-refractivity contribution in [1.29, 1.82) is 0 Å². The van der Waals surface area contributed by atoms with Crippen LogP contribution in [0, 0.1) is 13.8 Å². The quantitative estimate of drug-likeness (QED) is 0.758. The first-order valence-corrected chi connectivity index (χ1v) is 8.86. The number of rotatable bonds is 5. The molecule has 1 heterocycles. The van der Waals surface area contributed by atoms with Gasteiger partial charge in [0.15, 0.2) is 0 Å². The molecule has 0 aliphatic carbocycles. The number of nitrogens with one attached hydrogen (secondary N) is 1. The third-order valence-electron chi connectivity index (χ3n) is 3.86. The van der Waals surface area contributed by atoms with Crippen LogP contribution in [0.1, 0.15) is 11.1 Å². The number of hydrogen-bond donors (Lipinski definition) is 1. The van der Waals surface area contributed by atoms with Crippen molar-refractivity contribution in [1.82, 2.24) is 14.5 Å². The second kappa shape index (κ2) is 7.10. The van der Waals surface area contributed by atoms with E-state index in [1.54, 1.807) is 28.9 Å². The maximum atomic E-state index is 12.4. The molecule has 0 saturated carbocycles. The molecule has 0 radical (unpaired) electrons. The Morgan fingerprint density at radius 1 is 1.22 bits per heavy atom. The van der Waals surface area contributed by atoms with E-state index in [1.807, 2.05) is 13.0 Å². The number of amides is 2. The molecule has 1 aromatic rings.